The third-order valence-corrected chi connectivity index (χ3v) is 2.70. The van der Waals surface area contributed by atoms with Crippen LogP contribution in [0, 0.1) is 5.92 Å². The molecule has 0 bridgehead atoms. The van der Waals surface area contributed by atoms with Gasteiger partial charge in [-0.1, -0.05) is 0 Å². The first-order chi connectivity index (χ1) is 7.15. The summed E-state index contributed by atoms with van der Waals surface area (Å²) in [6.45, 7) is 7.85. The molecule has 1 saturated heterocycles. The number of ether oxygens (including phenoxy) is 2. The van der Waals surface area contributed by atoms with Gasteiger partial charge in [-0.3, -0.25) is 4.79 Å². The molecule has 1 fully saturated rings. The largest absolute Gasteiger partial charge is 0.460 e. The lowest BCUT2D eigenvalue weighted by molar-refractivity contribution is -0.156. The molecule has 0 aromatic carbocycles. The van der Waals surface area contributed by atoms with Crippen molar-refractivity contribution < 1.29 is 14.3 Å². The molecule has 0 aromatic rings. The average Bonchev–Trinajstić information content (AvgIpc) is 2.61. The van der Waals surface area contributed by atoms with Crippen molar-refractivity contribution in [1.29, 1.82) is 0 Å². The lowest BCUT2D eigenvalue weighted by Crippen LogP contribution is -2.32. The maximum atomic E-state index is 11.7. The number of nitrogens with one attached hydrogen (secondary N) is 1. The Labute approximate surface area is 91.3 Å². The molecule has 1 aliphatic heterocycles. The lowest BCUT2D eigenvalue weighted by atomic mass is 10.0. The Kier molecular flexibility index (Phi) is 5.05. The molecular weight excluding hydrogens is 194 g/mol. The number of carbonyl (C=O) groups is 1. The van der Waals surface area contributed by atoms with Gasteiger partial charge in [0.2, 0.25) is 0 Å². The maximum absolute atomic E-state index is 11.7. The molecule has 0 aromatic heterocycles. The van der Waals surface area contributed by atoms with Crippen LogP contribution in [0.2, 0.25) is 0 Å². The Morgan fingerprint density at radius 3 is 2.87 bits per heavy atom. The second-order valence-electron chi connectivity index (χ2n) is 4.04. The average molecular weight is 215 g/mol. The fraction of sp³-hybridized carbons (Fsp3) is 0.909. The predicted octanol–water partition coefficient (Wildman–Crippen LogP) is 0.953. The van der Waals surface area contributed by atoms with E-state index in [0.29, 0.717) is 13.2 Å². The third kappa shape index (κ3) is 3.80. The molecule has 1 rings (SSSR count). The molecule has 88 valence electrons. The maximum Gasteiger partial charge on any atom is 0.310 e. The second kappa shape index (κ2) is 6.08. The topological polar surface area (TPSA) is 47.6 Å². The predicted molar refractivity (Wildman–Crippen MR) is 57.6 cm³/mol. The van der Waals surface area contributed by atoms with Gasteiger partial charge in [-0.2, -0.15) is 0 Å². The third-order valence-electron chi connectivity index (χ3n) is 2.70. The van der Waals surface area contributed by atoms with E-state index in [1.807, 2.05) is 20.8 Å². The van der Waals surface area contributed by atoms with Crippen LogP contribution in [0.4, 0.5) is 0 Å². The molecule has 4 nitrogen and oxygen atoms in total. The van der Waals surface area contributed by atoms with Crippen molar-refractivity contribution in [3.05, 3.63) is 0 Å². The molecule has 0 aliphatic carbocycles. The van der Waals surface area contributed by atoms with Gasteiger partial charge >= 0.3 is 5.97 Å². The molecule has 1 N–H and O–H groups in total. The normalized spacial score (nSPS) is 27.7. The van der Waals surface area contributed by atoms with Crippen molar-refractivity contribution in [2.45, 2.75) is 39.3 Å². The van der Waals surface area contributed by atoms with Gasteiger partial charge in [0.25, 0.3) is 0 Å². The molecule has 3 unspecified atom stereocenters. The zero-order chi connectivity index (χ0) is 11.3. The number of hydrogen-bond acceptors (Lipinski definition) is 4. The van der Waals surface area contributed by atoms with E-state index in [-0.39, 0.29) is 24.0 Å². The number of esters is 1. The quantitative estimate of drug-likeness (QED) is 0.694. The van der Waals surface area contributed by atoms with Gasteiger partial charge < -0.3 is 14.8 Å². The molecule has 4 heteroatoms. The van der Waals surface area contributed by atoms with E-state index in [0.717, 1.165) is 13.0 Å². The highest BCUT2D eigenvalue weighted by Gasteiger charge is 2.31. The van der Waals surface area contributed by atoms with Crippen LogP contribution in [-0.4, -0.2) is 37.9 Å². The van der Waals surface area contributed by atoms with E-state index in [1.165, 1.54) is 0 Å². The fourth-order valence-corrected chi connectivity index (χ4v) is 1.78. The molecule has 0 saturated carbocycles. The molecule has 15 heavy (non-hydrogen) atoms. The fourth-order valence-electron chi connectivity index (χ4n) is 1.78. The highest BCUT2D eigenvalue weighted by atomic mass is 16.6. The summed E-state index contributed by atoms with van der Waals surface area (Å²) in [6, 6.07) is 0.233. The van der Waals surface area contributed by atoms with Gasteiger partial charge in [0.1, 0.15) is 6.10 Å². The van der Waals surface area contributed by atoms with E-state index < -0.39 is 0 Å². The molecule has 3 atom stereocenters. The van der Waals surface area contributed by atoms with Crippen molar-refractivity contribution in [1.82, 2.24) is 5.32 Å². The smallest absolute Gasteiger partial charge is 0.310 e. The Hall–Kier alpha value is -0.610. The molecular formula is C11H21NO3. The summed E-state index contributed by atoms with van der Waals surface area (Å²) in [5.41, 5.74) is 0. The Morgan fingerprint density at radius 2 is 2.33 bits per heavy atom. The summed E-state index contributed by atoms with van der Waals surface area (Å²) in [5.74, 6) is -0.0891. The highest BCUT2D eigenvalue weighted by Crippen LogP contribution is 2.17. The van der Waals surface area contributed by atoms with E-state index in [1.54, 1.807) is 0 Å². The first-order valence-electron chi connectivity index (χ1n) is 5.66. The first-order valence-corrected chi connectivity index (χ1v) is 5.66. The van der Waals surface area contributed by atoms with Crippen LogP contribution >= 0.6 is 0 Å². The van der Waals surface area contributed by atoms with E-state index in [2.05, 4.69) is 5.32 Å². The minimum absolute atomic E-state index is 0.00840. The van der Waals surface area contributed by atoms with E-state index >= 15 is 0 Å². The van der Waals surface area contributed by atoms with Crippen LogP contribution in [0.1, 0.15) is 27.2 Å². The lowest BCUT2D eigenvalue weighted by Gasteiger charge is -2.18. The highest BCUT2D eigenvalue weighted by molar-refractivity contribution is 5.73. The summed E-state index contributed by atoms with van der Waals surface area (Å²) in [5, 5.41) is 3.23. The van der Waals surface area contributed by atoms with Gasteiger partial charge in [0, 0.05) is 12.6 Å². The van der Waals surface area contributed by atoms with Crippen LogP contribution in [-0.2, 0) is 14.3 Å². The molecule has 0 spiro atoms. The molecule has 1 aliphatic rings. The standard InChI is InChI=1S/C11H21NO3/c1-4-14-7-8(2)15-11(13)10-5-6-12-9(10)3/h8-10,12H,4-7H2,1-3H3. The summed E-state index contributed by atoms with van der Waals surface area (Å²) in [7, 11) is 0. The van der Waals surface area contributed by atoms with Crippen molar-refractivity contribution in [3.8, 4) is 0 Å². The van der Waals surface area contributed by atoms with Crippen molar-refractivity contribution in [2.75, 3.05) is 19.8 Å². The summed E-state index contributed by atoms with van der Waals surface area (Å²) in [4.78, 5) is 11.7. The number of rotatable bonds is 5. The Balaban J connectivity index is 2.28. The Bertz CT molecular complexity index is 208. The van der Waals surface area contributed by atoms with Crippen LogP contribution in [0.25, 0.3) is 0 Å². The summed E-state index contributed by atoms with van der Waals surface area (Å²) in [6.07, 6.45) is 0.728. The molecule has 0 amide bonds. The number of hydrogen-bond donors (Lipinski definition) is 1. The Morgan fingerprint density at radius 1 is 1.60 bits per heavy atom. The molecule has 0 radical (unpaired) electrons. The van der Waals surface area contributed by atoms with Crippen LogP contribution in [0.3, 0.4) is 0 Å². The van der Waals surface area contributed by atoms with Gasteiger partial charge in [0.15, 0.2) is 0 Å². The van der Waals surface area contributed by atoms with Gasteiger partial charge in [-0.05, 0) is 33.7 Å². The van der Waals surface area contributed by atoms with E-state index in [4.69, 9.17) is 9.47 Å². The SMILES string of the molecule is CCOCC(C)OC(=O)C1CCNC1C. The number of carbonyl (C=O) groups excluding carboxylic acids is 1. The van der Waals surface area contributed by atoms with Crippen LogP contribution in [0.5, 0.6) is 0 Å². The minimum Gasteiger partial charge on any atom is -0.460 e. The van der Waals surface area contributed by atoms with Crippen LogP contribution < -0.4 is 5.32 Å². The van der Waals surface area contributed by atoms with Gasteiger partial charge in [-0.25, -0.2) is 0 Å². The zero-order valence-electron chi connectivity index (χ0n) is 9.79. The van der Waals surface area contributed by atoms with Crippen molar-refractivity contribution in [2.24, 2.45) is 5.92 Å². The van der Waals surface area contributed by atoms with Gasteiger partial charge in [-0.15, -0.1) is 0 Å². The summed E-state index contributed by atoms with van der Waals surface area (Å²) < 4.78 is 10.5. The first kappa shape index (κ1) is 12.5. The monoisotopic (exact) mass is 215 g/mol. The van der Waals surface area contributed by atoms with Gasteiger partial charge in [0.05, 0.1) is 12.5 Å². The minimum atomic E-state index is -0.148. The van der Waals surface area contributed by atoms with Crippen molar-refractivity contribution in [3.63, 3.8) is 0 Å². The second-order valence-corrected chi connectivity index (χ2v) is 4.04. The molecule has 1 heterocycles. The zero-order valence-corrected chi connectivity index (χ0v) is 9.79. The van der Waals surface area contributed by atoms with Crippen molar-refractivity contribution >= 4 is 5.97 Å². The van der Waals surface area contributed by atoms with E-state index in [9.17, 15) is 4.79 Å². The summed E-state index contributed by atoms with van der Waals surface area (Å²) >= 11 is 0. The van der Waals surface area contributed by atoms with Crippen LogP contribution in [0.15, 0.2) is 0 Å².